The molecule has 0 fully saturated rings. The van der Waals surface area contributed by atoms with Crippen LogP contribution in [0.4, 0.5) is 5.69 Å². The standard InChI is InChI=1S/C12H16N4O2/c1-7(2)10(12(17)18)15-9-4-5-13-11-8(9)6-14-16(11)3/h4-7,10H,1-3H3,(H,13,15)(H,17,18)/t10-/m1/s1. The van der Waals surface area contributed by atoms with Gasteiger partial charge in [0.2, 0.25) is 0 Å². The molecule has 2 rings (SSSR count). The molecule has 2 N–H and O–H groups in total. The second-order valence-electron chi connectivity index (χ2n) is 4.57. The van der Waals surface area contributed by atoms with Gasteiger partial charge in [0.05, 0.1) is 11.6 Å². The van der Waals surface area contributed by atoms with Crippen molar-refractivity contribution in [3.8, 4) is 0 Å². The predicted octanol–water partition coefficient (Wildman–Crippen LogP) is 1.49. The summed E-state index contributed by atoms with van der Waals surface area (Å²) in [5, 5.41) is 17.2. The molecule has 0 aliphatic heterocycles. The van der Waals surface area contributed by atoms with Gasteiger partial charge in [0, 0.05) is 18.9 Å². The Labute approximate surface area is 105 Å². The summed E-state index contributed by atoms with van der Waals surface area (Å²) in [5.41, 5.74) is 1.47. The van der Waals surface area contributed by atoms with E-state index in [1.807, 2.05) is 13.8 Å². The SMILES string of the molecule is CC(C)[C@@H](Nc1ccnc2c1cnn2C)C(=O)O. The molecule has 0 unspecified atom stereocenters. The molecule has 0 spiro atoms. The van der Waals surface area contributed by atoms with Crippen LogP contribution in [-0.4, -0.2) is 31.9 Å². The highest BCUT2D eigenvalue weighted by molar-refractivity contribution is 5.90. The molecule has 0 saturated carbocycles. The van der Waals surface area contributed by atoms with E-state index in [0.29, 0.717) is 0 Å². The number of aromatic nitrogens is 3. The van der Waals surface area contributed by atoms with E-state index >= 15 is 0 Å². The molecule has 0 bridgehead atoms. The van der Waals surface area contributed by atoms with Crippen LogP contribution in [0.1, 0.15) is 13.8 Å². The van der Waals surface area contributed by atoms with Crippen LogP contribution < -0.4 is 5.32 Å². The first-order chi connectivity index (χ1) is 8.50. The van der Waals surface area contributed by atoms with Crippen molar-refractivity contribution in [1.82, 2.24) is 14.8 Å². The van der Waals surface area contributed by atoms with Gasteiger partial charge in [0.15, 0.2) is 5.65 Å². The molecule has 0 aliphatic rings. The highest BCUT2D eigenvalue weighted by Gasteiger charge is 2.22. The second-order valence-corrected chi connectivity index (χ2v) is 4.57. The summed E-state index contributed by atoms with van der Waals surface area (Å²) >= 11 is 0. The number of nitrogens with one attached hydrogen (secondary N) is 1. The summed E-state index contributed by atoms with van der Waals surface area (Å²) in [5.74, 6) is -0.874. The normalized spacial score (nSPS) is 12.9. The van der Waals surface area contributed by atoms with Gasteiger partial charge in [-0.3, -0.25) is 4.68 Å². The number of hydrogen-bond acceptors (Lipinski definition) is 4. The number of carboxylic acids is 1. The van der Waals surface area contributed by atoms with E-state index in [4.69, 9.17) is 0 Å². The first-order valence-corrected chi connectivity index (χ1v) is 5.76. The van der Waals surface area contributed by atoms with Crippen molar-refractivity contribution < 1.29 is 9.90 Å². The van der Waals surface area contributed by atoms with Gasteiger partial charge in [-0.05, 0) is 12.0 Å². The minimum Gasteiger partial charge on any atom is -0.480 e. The van der Waals surface area contributed by atoms with Crippen LogP contribution in [-0.2, 0) is 11.8 Å². The van der Waals surface area contributed by atoms with Gasteiger partial charge >= 0.3 is 5.97 Å². The predicted molar refractivity (Wildman–Crippen MR) is 68.4 cm³/mol. The van der Waals surface area contributed by atoms with Crippen molar-refractivity contribution >= 4 is 22.7 Å². The molecule has 0 aliphatic carbocycles. The number of rotatable bonds is 4. The van der Waals surface area contributed by atoms with Crippen LogP contribution in [0.25, 0.3) is 11.0 Å². The third-order valence-corrected chi connectivity index (χ3v) is 2.88. The first-order valence-electron chi connectivity index (χ1n) is 5.76. The average Bonchev–Trinajstić information content (AvgIpc) is 2.68. The van der Waals surface area contributed by atoms with Gasteiger partial charge in [-0.1, -0.05) is 13.8 Å². The Morgan fingerprint density at radius 2 is 2.22 bits per heavy atom. The quantitative estimate of drug-likeness (QED) is 0.856. The van der Waals surface area contributed by atoms with Gasteiger partial charge in [0.25, 0.3) is 0 Å². The van der Waals surface area contributed by atoms with Crippen molar-refractivity contribution in [1.29, 1.82) is 0 Å². The van der Waals surface area contributed by atoms with Gasteiger partial charge in [-0.25, -0.2) is 9.78 Å². The average molecular weight is 248 g/mol. The van der Waals surface area contributed by atoms with Crippen LogP contribution in [0.2, 0.25) is 0 Å². The van der Waals surface area contributed by atoms with Crippen molar-refractivity contribution in [3.05, 3.63) is 18.5 Å². The molecule has 6 nitrogen and oxygen atoms in total. The van der Waals surface area contributed by atoms with E-state index in [9.17, 15) is 9.90 Å². The van der Waals surface area contributed by atoms with Gasteiger partial charge in [-0.2, -0.15) is 5.10 Å². The Bertz CT molecular complexity index is 576. The third kappa shape index (κ3) is 2.13. The van der Waals surface area contributed by atoms with Gasteiger partial charge < -0.3 is 10.4 Å². The summed E-state index contributed by atoms with van der Waals surface area (Å²) in [6, 6.07) is 1.14. The Hall–Kier alpha value is -2.11. The largest absolute Gasteiger partial charge is 0.480 e. The molecule has 0 amide bonds. The number of anilines is 1. The van der Waals surface area contributed by atoms with Crippen molar-refractivity contribution in [2.45, 2.75) is 19.9 Å². The van der Waals surface area contributed by atoms with E-state index < -0.39 is 12.0 Å². The van der Waals surface area contributed by atoms with Crippen LogP contribution in [0.3, 0.4) is 0 Å². The lowest BCUT2D eigenvalue weighted by molar-refractivity contribution is -0.138. The number of nitrogens with zero attached hydrogens (tertiary/aromatic N) is 3. The molecule has 6 heteroatoms. The Balaban J connectivity index is 2.39. The molecular weight excluding hydrogens is 232 g/mol. The molecule has 2 aromatic rings. The highest BCUT2D eigenvalue weighted by Crippen LogP contribution is 2.22. The zero-order valence-corrected chi connectivity index (χ0v) is 10.6. The van der Waals surface area contributed by atoms with E-state index in [2.05, 4.69) is 15.4 Å². The topological polar surface area (TPSA) is 80.0 Å². The molecule has 18 heavy (non-hydrogen) atoms. The van der Waals surface area contributed by atoms with Gasteiger partial charge in [0.1, 0.15) is 6.04 Å². The van der Waals surface area contributed by atoms with E-state index in [1.54, 1.807) is 30.2 Å². The van der Waals surface area contributed by atoms with Crippen LogP contribution in [0, 0.1) is 5.92 Å². The minimum atomic E-state index is -0.862. The number of fused-ring (bicyclic) bond motifs is 1. The molecule has 0 saturated heterocycles. The lowest BCUT2D eigenvalue weighted by atomic mass is 10.0. The van der Waals surface area contributed by atoms with Gasteiger partial charge in [-0.15, -0.1) is 0 Å². The molecular formula is C12H16N4O2. The first kappa shape index (κ1) is 12.3. The number of pyridine rings is 1. The maximum absolute atomic E-state index is 11.2. The van der Waals surface area contributed by atoms with Crippen LogP contribution >= 0.6 is 0 Å². The molecule has 0 radical (unpaired) electrons. The summed E-state index contributed by atoms with van der Waals surface area (Å²) in [4.78, 5) is 15.4. The third-order valence-electron chi connectivity index (χ3n) is 2.88. The zero-order valence-electron chi connectivity index (χ0n) is 10.6. The van der Waals surface area contributed by atoms with Crippen LogP contribution in [0.15, 0.2) is 18.5 Å². The Morgan fingerprint density at radius 3 is 2.83 bits per heavy atom. The molecule has 2 aromatic heterocycles. The fraction of sp³-hybridized carbons (Fsp3) is 0.417. The van der Waals surface area contributed by atoms with Crippen molar-refractivity contribution in [3.63, 3.8) is 0 Å². The lowest BCUT2D eigenvalue weighted by Crippen LogP contribution is -2.34. The number of carbonyl (C=O) groups is 1. The number of carboxylic acid groups (broad SMARTS) is 1. The highest BCUT2D eigenvalue weighted by atomic mass is 16.4. The maximum Gasteiger partial charge on any atom is 0.326 e. The summed E-state index contributed by atoms with van der Waals surface area (Å²) < 4.78 is 1.66. The molecule has 2 heterocycles. The van der Waals surface area contributed by atoms with Crippen LogP contribution in [0.5, 0.6) is 0 Å². The fourth-order valence-electron chi connectivity index (χ4n) is 1.85. The van der Waals surface area contributed by atoms with E-state index in [-0.39, 0.29) is 5.92 Å². The monoisotopic (exact) mass is 248 g/mol. The van der Waals surface area contributed by atoms with Crippen molar-refractivity contribution in [2.24, 2.45) is 13.0 Å². The maximum atomic E-state index is 11.2. The molecule has 1 atom stereocenters. The Morgan fingerprint density at radius 1 is 1.50 bits per heavy atom. The number of hydrogen-bond donors (Lipinski definition) is 2. The molecule has 96 valence electrons. The van der Waals surface area contributed by atoms with E-state index in [1.165, 1.54) is 0 Å². The lowest BCUT2D eigenvalue weighted by Gasteiger charge is -2.19. The smallest absolute Gasteiger partial charge is 0.326 e. The summed E-state index contributed by atoms with van der Waals surface area (Å²) in [6.45, 7) is 3.74. The fourth-order valence-corrected chi connectivity index (χ4v) is 1.85. The summed E-state index contributed by atoms with van der Waals surface area (Å²) in [6.07, 6.45) is 3.33. The van der Waals surface area contributed by atoms with E-state index in [0.717, 1.165) is 16.7 Å². The number of aliphatic carboxylic acids is 1. The summed E-state index contributed by atoms with van der Waals surface area (Å²) in [7, 11) is 1.80. The molecule has 0 aromatic carbocycles. The minimum absolute atomic E-state index is 0.0117. The zero-order chi connectivity index (χ0) is 13.3. The Kier molecular flexibility index (Phi) is 3.18. The number of aryl methyl sites for hydroxylation is 1. The second kappa shape index (κ2) is 4.64. The van der Waals surface area contributed by atoms with Crippen molar-refractivity contribution in [2.75, 3.05) is 5.32 Å².